The summed E-state index contributed by atoms with van der Waals surface area (Å²) in [6.07, 6.45) is 4.37. The number of ether oxygens (including phenoxy) is 2. The summed E-state index contributed by atoms with van der Waals surface area (Å²) < 4.78 is 19.3. The molecule has 5 rings (SSSR count). The Labute approximate surface area is 279 Å². The van der Waals surface area contributed by atoms with Crippen LogP contribution in [0.25, 0.3) is 21.3 Å². The minimum atomic E-state index is -1.89. The zero-order valence-electron chi connectivity index (χ0n) is 28.7. The topological polar surface area (TPSA) is 64.1 Å². The number of hydrogen-bond acceptors (Lipinski definition) is 7. The smallest absolute Gasteiger partial charge is 0.410 e. The van der Waals surface area contributed by atoms with Gasteiger partial charge in [-0.3, -0.25) is 9.88 Å². The van der Waals surface area contributed by atoms with Gasteiger partial charge in [0, 0.05) is 59.2 Å². The Morgan fingerprint density at radius 2 is 1.89 bits per heavy atom. The molecule has 0 bridgehead atoms. The van der Waals surface area contributed by atoms with Gasteiger partial charge in [-0.05, 0) is 94.9 Å². The first-order valence-electron chi connectivity index (χ1n) is 16.0. The number of likely N-dealkylation sites (tertiary alicyclic amines) is 1. The predicted octanol–water partition coefficient (Wildman–Crippen LogP) is 9.31. The lowest BCUT2D eigenvalue weighted by Gasteiger charge is -2.38. The van der Waals surface area contributed by atoms with Crippen LogP contribution in [0.2, 0.25) is 23.2 Å². The van der Waals surface area contributed by atoms with Gasteiger partial charge in [0.15, 0.2) is 8.32 Å². The van der Waals surface area contributed by atoms with Crippen LogP contribution in [0.5, 0.6) is 0 Å². The number of thiophene rings is 1. The maximum atomic E-state index is 13.5. The number of amides is 1. The molecule has 1 aromatic carbocycles. The molecule has 2 aliphatic heterocycles. The van der Waals surface area contributed by atoms with Crippen molar-refractivity contribution in [2.45, 2.75) is 110 Å². The van der Waals surface area contributed by atoms with Crippen molar-refractivity contribution in [2.24, 2.45) is 0 Å². The van der Waals surface area contributed by atoms with Crippen LogP contribution in [-0.4, -0.2) is 68.3 Å². The van der Waals surface area contributed by atoms with E-state index in [9.17, 15) is 4.79 Å². The summed E-state index contributed by atoms with van der Waals surface area (Å²) in [6.45, 7) is 21.7. The van der Waals surface area contributed by atoms with Gasteiger partial charge in [0.2, 0.25) is 0 Å². The molecule has 0 spiro atoms. The Morgan fingerprint density at radius 3 is 2.56 bits per heavy atom. The van der Waals surface area contributed by atoms with E-state index in [0.717, 1.165) is 52.2 Å². The highest BCUT2D eigenvalue weighted by atomic mass is 35.5. The fourth-order valence-corrected chi connectivity index (χ4v) is 8.78. The van der Waals surface area contributed by atoms with Gasteiger partial charge in [-0.15, -0.1) is 11.3 Å². The molecule has 0 saturated carbocycles. The van der Waals surface area contributed by atoms with Gasteiger partial charge in [0.05, 0.1) is 29.0 Å². The molecule has 0 radical (unpaired) electrons. The quantitative estimate of drug-likeness (QED) is 0.233. The van der Waals surface area contributed by atoms with Gasteiger partial charge < -0.3 is 18.8 Å². The van der Waals surface area contributed by atoms with Crippen LogP contribution < -0.4 is 4.90 Å². The maximum absolute atomic E-state index is 13.5. The molecule has 2 aromatic heterocycles. The minimum Gasteiger partial charge on any atom is -0.444 e. The van der Waals surface area contributed by atoms with E-state index in [4.69, 9.17) is 30.5 Å². The van der Waals surface area contributed by atoms with E-state index in [1.165, 1.54) is 16.1 Å². The van der Waals surface area contributed by atoms with Crippen LogP contribution in [0.3, 0.4) is 0 Å². The third-order valence-electron chi connectivity index (χ3n) is 9.65. The molecule has 0 aliphatic carbocycles. The highest BCUT2D eigenvalue weighted by Gasteiger charge is 2.49. The van der Waals surface area contributed by atoms with Crippen molar-refractivity contribution >= 4 is 53.3 Å². The van der Waals surface area contributed by atoms with Gasteiger partial charge in [0.25, 0.3) is 0 Å². The number of aryl methyl sites for hydroxylation is 1. The highest BCUT2D eigenvalue weighted by molar-refractivity contribution is 7.19. The van der Waals surface area contributed by atoms with Crippen LogP contribution in [0.15, 0.2) is 30.5 Å². The first-order valence-corrected chi connectivity index (χ1v) is 20.1. The summed E-state index contributed by atoms with van der Waals surface area (Å²) in [5.74, 6) is 0. The number of benzene rings is 1. The molecule has 1 fully saturated rings. The van der Waals surface area contributed by atoms with Gasteiger partial charge in [-0.1, -0.05) is 32.4 Å². The summed E-state index contributed by atoms with van der Waals surface area (Å²) in [4.78, 5) is 23.8. The lowest BCUT2D eigenvalue weighted by atomic mass is 9.91. The molecule has 2 atom stereocenters. The number of carbonyl (C=O) groups excluding carboxylic acids is 1. The number of aromatic nitrogens is 1. The minimum absolute atomic E-state index is 0.103. The van der Waals surface area contributed by atoms with Crippen molar-refractivity contribution in [2.75, 3.05) is 31.7 Å². The number of anilines is 1. The van der Waals surface area contributed by atoms with Gasteiger partial charge in [-0.25, -0.2) is 4.79 Å². The first-order chi connectivity index (χ1) is 20.9. The number of fused-ring (bicyclic) bond motifs is 2. The van der Waals surface area contributed by atoms with Crippen LogP contribution in [-0.2, 0) is 26.9 Å². The number of methoxy groups -OCH3 is 1. The SMILES string of the molecule is COC[C@]1(C)C[C@H](N2CCCc3cc(Cl)cc(-c4ccnc5cc(CO[Si](C)(C)C(C)(C)C)sc45)c32)CN1C(=O)OC(C)(C)C. The molecule has 1 saturated heterocycles. The Bertz CT molecular complexity index is 1560. The largest absolute Gasteiger partial charge is 0.444 e. The number of pyridine rings is 1. The third kappa shape index (κ3) is 7.08. The number of carbonyl (C=O) groups is 1. The van der Waals surface area contributed by atoms with E-state index in [0.29, 0.717) is 19.8 Å². The molecule has 2 aliphatic rings. The van der Waals surface area contributed by atoms with Crippen LogP contribution >= 0.6 is 22.9 Å². The average Bonchev–Trinajstić information content (AvgIpc) is 3.50. The second-order valence-corrected chi connectivity index (χ2v) is 21.9. The van der Waals surface area contributed by atoms with Gasteiger partial charge >= 0.3 is 6.09 Å². The second kappa shape index (κ2) is 12.5. The normalized spacial score (nSPS) is 21.0. The predicted molar refractivity (Wildman–Crippen MR) is 189 cm³/mol. The van der Waals surface area contributed by atoms with E-state index < -0.39 is 19.5 Å². The lowest BCUT2D eigenvalue weighted by molar-refractivity contribution is -0.00567. The zero-order valence-corrected chi connectivity index (χ0v) is 31.2. The number of rotatable bonds is 7. The molecule has 10 heteroatoms. The van der Waals surface area contributed by atoms with Crippen molar-refractivity contribution < 1.29 is 18.7 Å². The Morgan fingerprint density at radius 1 is 1.16 bits per heavy atom. The summed E-state index contributed by atoms with van der Waals surface area (Å²) in [7, 11) is -0.196. The van der Waals surface area contributed by atoms with Crippen molar-refractivity contribution in [1.82, 2.24) is 9.88 Å². The highest BCUT2D eigenvalue weighted by Crippen LogP contribution is 2.47. The molecule has 246 valence electrons. The zero-order chi connectivity index (χ0) is 32.9. The molecular weight excluding hydrogens is 622 g/mol. The lowest BCUT2D eigenvalue weighted by Crippen LogP contribution is -2.49. The molecule has 45 heavy (non-hydrogen) atoms. The van der Waals surface area contributed by atoms with Crippen LogP contribution in [0.4, 0.5) is 10.5 Å². The van der Waals surface area contributed by atoms with Gasteiger partial charge in [-0.2, -0.15) is 0 Å². The maximum Gasteiger partial charge on any atom is 0.410 e. The molecule has 7 nitrogen and oxygen atoms in total. The monoisotopic (exact) mass is 671 g/mol. The summed E-state index contributed by atoms with van der Waals surface area (Å²) >= 11 is 8.58. The first kappa shape index (κ1) is 34.2. The fourth-order valence-electron chi connectivity index (χ4n) is 6.43. The van der Waals surface area contributed by atoms with Crippen LogP contribution in [0, 0.1) is 0 Å². The standard InChI is InChI=1S/C35H50ClN3O4SSi/c1-33(2,3)43-32(40)39-20-25(19-35(39,7)22-41-8)38-15-11-12-23-16-24(36)17-28(30(23)38)27-13-14-37-29-18-26(44-31(27)29)21-42-45(9,10)34(4,5)6/h13-14,16-18,25H,11-12,15,19-22H2,1-10H3/t25-,35-/m0/s1. The Balaban J connectivity index is 1.53. The number of hydrogen-bond donors (Lipinski definition) is 0. The average molecular weight is 672 g/mol. The van der Waals surface area contributed by atoms with E-state index in [1.807, 2.05) is 31.9 Å². The number of halogens is 1. The molecule has 0 unspecified atom stereocenters. The van der Waals surface area contributed by atoms with Gasteiger partial charge in [0.1, 0.15) is 5.60 Å². The molecular formula is C35H50ClN3O4SSi. The third-order valence-corrected chi connectivity index (χ3v) is 15.5. The Hall–Kier alpha value is -2.17. The molecule has 4 heterocycles. The van der Waals surface area contributed by atoms with E-state index in [-0.39, 0.29) is 17.2 Å². The van der Waals surface area contributed by atoms with Crippen molar-refractivity contribution in [3.8, 4) is 11.1 Å². The van der Waals surface area contributed by atoms with E-state index in [2.05, 4.69) is 70.0 Å². The number of nitrogens with zero attached hydrogens (tertiary/aromatic N) is 3. The summed E-state index contributed by atoms with van der Waals surface area (Å²) in [5, 5.41) is 0.884. The molecule has 3 aromatic rings. The Kier molecular flexibility index (Phi) is 9.45. The van der Waals surface area contributed by atoms with E-state index >= 15 is 0 Å². The van der Waals surface area contributed by atoms with E-state index in [1.54, 1.807) is 18.4 Å². The molecule has 1 amide bonds. The second-order valence-electron chi connectivity index (χ2n) is 15.5. The van der Waals surface area contributed by atoms with Crippen LogP contribution in [0.1, 0.15) is 71.7 Å². The van der Waals surface area contributed by atoms with Crippen molar-refractivity contribution in [3.05, 3.63) is 45.9 Å². The summed E-state index contributed by atoms with van der Waals surface area (Å²) in [6, 6.07) is 8.62. The fraction of sp³-hybridized carbons (Fsp3) is 0.600. The summed E-state index contributed by atoms with van der Waals surface area (Å²) in [5.41, 5.74) is 4.63. The van der Waals surface area contributed by atoms with Crippen molar-refractivity contribution in [3.63, 3.8) is 0 Å². The molecule has 0 N–H and O–H groups in total. The van der Waals surface area contributed by atoms with Crippen molar-refractivity contribution in [1.29, 1.82) is 0 Å².